The van der Waals surface area contributed by atoms with Gasteiger partial charge < -0.3 is 15.5 Å². The van der Waals surface area contributed by atoms with Gasteiger partial charge >= 0.3 is 5.97 Å². The van der Waals surface area contributed by atoms with Gasteiger partial charge in [-0.2, -0.15) is 0 Å². The van der Waals surface area contributed by atoms with Gasteiger partial charge in [-0.05, 0) is 24.8 Å². The first-order chi connectivity index (χ1) is 9.06. The maximum absolute atomic E-state index is 11.2. The first-order valence-electron chi connectivity index (χ1n) is 6.52. The van der Waals surface area contributed by atoms with Crippen molar-refractivity contribution in [1.29, 1.82) is 0 Å². The normalized spacial score (nSPS) is 16.3. The van der Waals surface area contributed by atoms with E-state index >= 15 is 0 Å². The zero-order valence-corrected chi connectivity index (χ0v) is 11.6. The quantitative estimate of drug-likeness (QED) is 0.788. The largest absolute Gasteiger partial charge is 0.507 e. The smallest absolute Gasteiger partial charge is 0.339 e. The predicted octanol–water partition coefficient (Wildman–Crippen LogP) is 3.83. The molecule has 0 spiro atoms. The maximum Gasteiger partial charge on any atom is 0.339 e. The van der Waals surface area contributed by atoms with Crippen LogP contribution in [-0.4, -0.2) is 23.2 Å². The molecule has 0 atom stereocenters. The summed E-state index contributed by atoms with van der Waals surface area (Å²) >= 11 is 6.13. The topological polar surface area (TPSA) is 69.6 Å². The molecule has 3 N–H and O–H groups in total. The summed E-state index contributed by atoms with van der Waals surface area (Å²) in [4.78, 5) is 11.2. The van der Waals surface area contributed by atoms with Crippen LogP contribution in [0.25, 0.3) is 0 Å². The Bertz CT molecular complexity index is 496. The molecule has 104 valence electrons. The van der Waals surface area contributed by atoms with E-state index in [9.17, 15) is 9.90 Å². The van der Waals surface area contributed by atoms with Crippen molar-refractivity contribution in [2.75, 3.05) is 12.4 Å². The highest BCUT2D eigenvalue weighted by atomic mass is 35.5. The number of nitrogens with one attached hydrogen (secondary N) is 1. The van der Waals surface area contributed by atoms with Gasteiger partial charge in [0.2, 0.25) is 0 Å². The van der Waals surface area contributed by atoms with Gasteiger partial charge in [0.15, 0.2) is 0 Å². The molecule has 0 heterocycles. The lowest BCUT2D eigenvalue weighted by Crippen LogP contribution is -2.10. The van der Waals surface area contributed by atoms with Gasteiger partial charge in [0.1, 0.15) is 11.3 Å². The van der Waals surface area contributed by atoms with E-state index in [0.717, 1.165) is 25.7 Å². The van der Waals surface area contributed by atoms with Crippen molar-refractivity contribution in [1.82, 2.24) is 0 Å². The number of carboxylic acid groups (broad SMARTS) is 1. The van der Waals surface area contributed by atoms with E-state index in [0.29, 0.717) is 16.3 Å². The average molecular weight is 284 g/mol. The molecule has 1 aromatic carbocycles. The van der Waals surface area contributed by atoms with Gasteiger partial charge in [-0.15, -0.1) is 0 Å². The Balaban J connectivity index is 2.57. The molecule has 1 aliphatic carbocycles. The molecule has 0 saturated heterocycles. The van der Waals surface area contributed by atoms with Gasteiger partial charge in [-0.25, -0.2) is 4.79 Å². The van der Waals surface area contributed by atoms with Crippen molar-refractivity contribution < 1.29 is 15.0 Å². The van der Waals surface area contributed by atoms with E-state index in [1.807, 2.05) is 0 Å². The molecule has 1 aromatic rings. The standard InChI is InChI=1S/C14H18ClNO3/c1-16-12-10(15)7-9(14(18)19)13(17)11(12)8-5-3-2-4-6-8/h7-8,16-17H,2-6H2,1H3,(H,18,19). The molecule has 1 saturated carbocycles. The minimum absolute atomic E-state index is 0.121. The number of anilines is 1. The number of aromatic carboxylic acids is 1. The van der Waals surface area contributed by atoms with Gasteiger partial charge in [-0.3, -0.25) is 0 Å². The van der Waals surface area contributed by atoms with Crippen LogP contribution < -0.4 is 5.32 Å². The van der Waals surface area contributed by atoms with Crippen molar-refractivity contribution >= 4 is 23.3 Å². The lowest BCUT2D eigenvalue weighted by atomic mass is 9.82. The second-order valence-electron chi connectivity index (χ2n) is 4.93. The third-order valence-corrected chi connectivity index (χ3v) is 4.08. The lowest BCUT2D eigenvalue weighted by molar-refractivity contribution is 0.0693. The van der Waals surface area contributed by atoms with Gasteiger partial charge in [-0.1, -0.05) is 30.9 Å². The van der Waals surface area contributed by atoms with Crippen LogP contribution in [0.1, 0.15) is 53.9 Å². The fraction of sp³-hybridized carbons (Fsp3) is 0.500. The summed E-state index contributed by atoms with van der Waals surface area (Å²) in [6.45, 7) is 0. The molecule has 4 nitrogen and oxygen atoms in total. The monoisotopic (exact) mass is 283 g/mol. The Morgan fingerprint density at radius 2 is 2.00 bits per heavy atom. The molecule has 2 rings (SSSR count). The number of aromatic hydroxyl groups is 1. The van der Waals surface area contributed by atoms with Gasteiger partial charge in [0.05, 0.1) is 10.7 Å². The third-order valence-electron chi connectivity index (χ3n) is 3.78. The Labute approximate surface area is 117 Å². The molecule has 0 aromatic heterocycles. The summed E-state index contributed by atoms with van der Waals surface area (Å²) in [7, 11) is 1.73. The highest BCUT2D eigenvalue weighted by molar-refractivity contribution is 6.34. The Morgan fingerprint density at radius 1 is 1.37 bits per heavy atom. The molecule has 1 fully saturated rings. The van der Waals surface area contributed by atoms with Crippen LogP contribution in [0.5, 0.6) is 5.75 Å². The molecular formula is C14H18ClNO3. The summed E-state index contributed by atoms with van der Waals surface area (Å²) in [6.07, 6.45) is 5.31. The maximum atomic E-state index is 11.2. The number of phenols is 1. The molecule has 19 heavy (non-hydrogen) atoms. The van der Waals surface area contributed by atoms with E-state index in [1.54, 1.807) is 7.05 Å². The van der Waals surface area contributed by atoms with Crippen molar-refractivity contribution in [3.63, 3.8) is 0 Å². The molecule has 1 aliphatic rings. The van der Waals surface area contributed by atoms with Crippen LogP contribution in [0.4, 0.5) is 5.69 Å². The number of rotatable bonds is 3. The molecule has 5 heteroatoms. The Morgan fingerprint density at radius 3 is 2.53 bits per heavy atom. The molecule has 0 bridgehead atoms. The second-order valence-corrected chi connectivity index (χ2v) is 5.34. The van der Waals surface area contributed by atoms with E-state index in [4.69, 9.17) is 16.7 Å². The zero-order valence-electron chi connectivity index (χ0n) is 10.9. The summed E-state index contributed by atoms with van der Waals surface area (Å²) in [5, 5.41) is 22.7. The number of hydrogen-bond donors (Lipinski definition) is 3. The minimum atomic E-state index is -1.15. The summed E-state index contributed by atoms with van der Waals surface area (Å²) < 4.78 is 0. The highest BCUT2D eigenvalue weighted by Crippen LogP contribution is 2.45. The van der Waals surface area contributed by atoms with Crippen molar-refractivity contribution in [3.05, 3.63) is 22.2 Å². The van der Waals surface area contributed by atoms with Crippen molar-refractivity contribution in [3.8, 4) is 5.75 Å². The van der Waals surface area contributed by atoms with Crippen LogP contribution in [0.15, 0.2) is 6.07 Å². The number of halogens is 1. The van der Waals surface area contributed by atoms with E-state index in [1.165, 1.54) is 12.5 Å². The van der Waals surface area contributed by atoms with Gasteiger partial charge in [0, 0.05) is 12.6 Å². The van der Waals surface area contributed by atoms with Crippen molar-refractivity contribution in [2.24, 2.45) is 0 Å². The second kappa shape index (κ2) is 5.70. The van der Waals surface area contributed by atoms with Crippen LogP contribution in [0.2, 0.25) is 5.02 Å². The summed E-state index contributed by atoms with van der Waals surface area (Å²) in [5.74, 6) is -1.12. The lowest BCUT2D eigenvalue weighted by Gasteiger charge is -2.26. The number of carboxylic acids is 1. The minimum Gasteiger partial charge on any atom is -0.507 e. The van der Waals surface area contributed by atoms with Crippen LogP contribution in [0, 0.1) is 0 Å². The summed E-state index contributed by atoms with van der Waals surface area (Å²) in [5.41, 5.74) is 1.19. The van der Waals surface area contributed by atoms with Crippen molar-refractivity contribution in [2.45, 2.75) is 38.0 Å². The third kappa shape index (κ3) is 2.63. The van der Waals surface area contributed by atoms with Crippen LogP contribution in [-0.2, 0) is 0 Å². The van der Waals surface area contributed by atoms with E-state index < -0.39 is 5.97 Å². The highest BCUT2D eigenvalue weighted by Gasteiger charge is 2.27. The van der Waals surface area contributed by atoms with Crippen LogP contribution >= 0.6 is 11.6 Å². The van der Waals surface area contributed by atoms with Crippen LogP contribution in [0.3, 0.4) is 0 Å². The molecule has 0 aliphatic heterocycles. The summed E-state index contributed by atoms with van der Waals surface area (Å²) in [6, 6.07) is 1.30. The zero-order chi connectivity index (χ0) is 14.0. The SMILES string of the molecule is CNc1c(Cl)cc(C(=O)O)c(O)c1C1CCCCC1. The molecular weight excluding hydrogens is 266 g/mol. The Kier molecular flexibility index (Phi) is 4.20. The molecule has 0 unspecified atom stereocenters. The van der Waals surface area contributed by atoms with E-state index in [2.05, 4.69) is 5.32 Å². The first kappa shape index (κ1) is 14.0. The molecule has 0 amide bonds. The Hall–Kier alpha value is -1.42. The van der Waals surface area contributed by atoms with E-state index in [-0.39, 0.29) is 17.2 Å². The number of benzene rings is 1. The predicted molar refractivity (Wildman–Crippen MR) is 75.4 cm³/mol. The number of carbonyl (C=O) groups is 1. The fourth-order valence-corrected chi connectivity index (χ4v) is 3.17. The fourth-order valence-electron chi connectivity index (χ4n) is 2.87. The molecule has 0 radical (unpaired) electrons. The number of hydrogen-bond acceptors (Lipinski definition) is 3. The average Bonchev–Trinajstić information content (AvgIpc) is 2.41. The first-order valence-corrected chi connectivity index (χ1v) is 6.90. The van der Waals surface area contributed by atoms with Gasteiger partial charge in [0.25, 0.3) is 0 Å².